The fraction of sp³-hybridized carbons (Fsp3) is 0.526. The van der Waals surface area contributed by atoms with Crippen LogP contribution in [0.3, 0.4) is 0 Å². The van der Waals surface area contributed by atoms with Gasteiger partial charge in [-0.25, -0.2) is 4.79 Å². The Kier molecular flexibility index (Phi) is 4.79. The van der Waals surface area contributed by atoms with Crippen molar-refractivity contribution < 1.29 is 14.4 Å². The Morgan fingerprint density at radius 2 is 2.00 bits per heavy atom. The first-order chi connectivity index (χ1) is 12.0. The average Bonchev–Trinajstić information content (AvgIpc) is 2.83. The van der Waals surface area contributed by atoms with Gasteiger partial charge in [-0.3, -0.25) is 14.5 Å². The molecule has 1 saturated carbocycles. The third-order valence-electron chi connectivity index (χ3n) is 5.45. The summed E-state index contributed by atoms with van der Waals surface area (Å²) in [5.74, 6) is -0.540. The Labute approximate surface area is 148 Å². The second-order valence-corrected chi connectivity index (χ2v) is 7.04. The van der Waals surface area contributed by atoms with Crippen LogP contribution < -0.4 is 10.6 Å². The summed E-state index contributed by atoms with van der Waals surface area (Å²) < 4.78 is 0. The van der Waals surface area contributed by atoms with Crippen LogP contribution in [0, 0.1) is 5.92 Å². The minimum Gasteiger partial charge on any atom is -0.325 e. The molecule has 0 radical (unpaired) electrons. The van der Waals surface area contributed by atoms with E-state index in [9.17, 15) is 14.4 Å². The first-order valence-electron chi connectivity index (χ1n) is 8.99. The lowest BCUT2D eigenvalue weighted by Gasteiger charge is -2.36. The molecule has 25 heavy (non-hydrogen) atoms. The standard InChI is InChI=1S/C19H25N3O3/c1-3-14-7-9-15(10-8-14)20-16(23)12-22-17(24)19(21-18(22)25)11-5-4-6-13(19)2/h7-10,13H,3-6,11-12H2,1-2H3,(H,20,23)(H,21,25)/t13-,19-/m1/s1. The van der Waals surface area contributed by atoms with Crippen molar-refractivity contribution in [2.24, 2.45) is 5.92 Å². The first-order valence-corrected chi connectivity index (χ1v) is 8.99. The van der Waals surface area contributed by atoms with Gasteiger partial charge in [0.2, 0.25) is 5.91 Å². The van der Waals surface area contributed by atoms with Crippen molar-refractivity contribution in [1.82, 2.24) is 10.2 Å². The van der Waals surface area contributed by atoms with Crippen molar-refractivity contribution in [1.29, 1.82) is 0 Å². The number of aryl methyl sites for hydroxylation is 1. The number of anilines is 1. The summed E-state index contributed by atoms with van der Waals surface area (Å²) in [7, 11) is 0. The summed E-state index contributed by atoms with van der Waals surface area (Å²) in [6.07, 6.45) is 4.47. The smallest absolute Gasteiger partial charge is 0.325 e. The van der Waals surface area contributed by atoms with E-state index < -0.39 is 11.6 Å². The fourth-order valence-electron chi connectivity index (χ4n) is 3.81. The number of rotatable bonds is 4. The van der Waals surface area contributed by atoms with Gasteiger partial charge in [-0.05, 0) is 42.9 Å². The van der Waals surface area contributed by atoms with Crippen molar-refractivity contribution in [3.8, 4) is 0 Å². The lowest BCUT2D eigenvalue weighted by atomic mass is 9.73. The van der Waals surface area contributed by atoms with E-state index in [2.05, 4.69) is 17.6 Å². The molecule has 2 aliphatic rings. The van der Waals surface area contributed by atoms with E-state index in [0.717, 1.165) is 30.6 Å². The van der Waals surface area contributed by atoms with Crippen LogP contribution in [-0.4, -0.2) is 34.8 Å². The molecule has 0 aromatic heterocycles. The van der Waals surface area contributed by atoms with Gasteiger partial charge in [0.15, 0.2) is 0 Å². The zero-order valence-electron chi connectivity index (χ0n) is 14.8. The topological polar surface area (TPSA) is 78.5 Å². The molecule has 1 aromatic rings. The summed E-state index contributed by atoms with van der Waals surface area (Å²) in [5.41, 5.74) is 1.02. The molecule has 0 unspecified atom stereocenters. The van der Waals surface area contributed by atoms with Crippen molar-refractivity contribution >= 4 is 23.5 Å². The van der Waals surface area contributed by atoms with Gasteiger partial charge >= 0.3 is 6.03 Å². The number of carbonyl (C=O) groups excluding carboxylic acids is 3. The summed E-state index contributed by atoms with van der Waals surface area (Å²) >= 11 is 0. The molecule has 1 aromatic carbocycles. The van der Waals surface area contributed by atoms with Crippen molar-refractivity contribution in [2.75, 3.05) is 11.9 Å². The highest BCUT2D eigenvalue weighted by Gasteiger charge is 2.55. The number of carbonyl (C=O) groups is 3. The van der Waals surface area contributed by atoms with Crippen molar-refractivity contribution in [3.05, 3.63) is 29.8 Å². The van der Waals surface area contributed by atoms with Crippen molar-refractivity contribution in [2.45, 2.75) is 51.5 Å². The maximum absolute atomic E-state index is 12.8. The van der Waals surface area contributed by atoms with E-state index in [1.54, 1.807) is 0 Å². The van der Waals surface area contributed by atoms with Crippen LogP contribution in [-0.2, 0) is 16.0 Å². The van der Waals surface area contributed by atoms with Crippen LogP contribution in [0.2, 0.25) is 0 Å². The molecule has 1 aliphatic carbocycles. The average molecular weight is 343 g/mol. The Morgan fingerprint density at radius 3 is 2.64 bits per heavy atom. The highest BCUT2D eigenvalue weighted by atomic mass is 16.2. The zero-order chi connectivity index (χ0) is 18.0. The molecule has 2 atom stereocenters. The number of amides is 4. The highest BCUT2D eigenvalue weighted by molar-refractivity contribution is 6.10. The minimum atomic E-state index is -0.821. The van der Waals surface area contributed by atoms with Gasteiger partial charge in [0, 0.05) is 5.69 Å². The molecule has 3 rings (SSSR count). The van der Waals surface area contributed by atoms with Crippen LogP contribution in [0.1, 0.15) is 45.1 Å². The number of nitrogens with one attached hydrogen (secondary N) is 2. The van der Waals surface area contributed by atoms with Crippen LogP contribution >= 0.6 is 0 Å². The largest absolute Gasteiger partial charge is 0.325 e. The monoisotopic (exact) mass is 343 g/mol. The molecule has 2 fully saturated rings. The maximum Gasteiger partial charge on any atom is 0.325 e. The Morgan fingerprint density at radius 1 is 1.28 bits per heavy atom. The van der Waals surface area contributed by atoms with Crippen LogP contribution in [0.15, 0.2) is 24.3 Å². The quantitative estimate of drug-likeness (QED) is 0.825. The minimum absolute atomic E-state index is 0.0901. The third-order valence-corrected chi connectivity index (χ3v) is 5.45. The van der Waals surface area contributed by atoms with E-state index >= 15 is 0 Å². The molecular weight excluding hydrogens is 318 g/mol. The molecule has 134 valence electrons. The Hall–Kier alpha value is -2.37. The van der Waals surface area contributed by atoms with Crippen LogP contribution in [0.25, 0.3) is 0 Å². The number of nitrogens with zero attached hydrogens (tertiary/aromatic N) is 1. The predicted octanol–water partition coefficient (Wildman–Crippen LogP) is 2.69. The van der Waals surface area contributed by atoms with E-state index in [0.29, 0.717) is 12.1 Å². The first kappa shape index (κ1) is 17.5. The summed E-state index contributed by atoms with van der Waals surface area (Å²) in [5, 5.41) is 5.61. The fourth-order valence-corrected chi connectivity index (χ4v) is 3.81. The molecule has 1 saturated heterocycles. The molecule has 1 spiro atoms. The SMILES string of the molecule is CCc1ccc(NC(=O)CN2C(=O)N[C@@]3(CCCC[C@H]3C)C2=O)cc1. The van der Waals surface area contributed by atoms with Gasteiger partial charge < -0.3 is 10.6 Å². The van der Waals surface area contributed by atoms with Gasteiger partial charge in [0.25, 0.3) is 5.91 Å². The molecule has 4 amide bonds. The summed E-state index contributed by atoms with van der Waals surface area (Å²) in [4.78, 5) is 38.5. The van der Waals surface area contributed by atoms with Crippen LogP contribution in [0.5, 0.6) is 0 Å². The second kappa shape index (κ2) is 6.86. The molecule has 6 heteroatoms. The Bertz CT molecular complexity index is 686. The number of benzene rings is 1. The van der Waals surface area contributed by atoms with E-state index in [1.165, 1.54) is 5.56 Å². The molecule has 6 nitrogen and oxygen atoms in total. The van der Waals surface area contributed by atoms with E-state index in [-0.39, 0.29) is 24.3 Å². The van der Waals surface area contributed by atoms with E-state index in [4.69, 9.17) is 0 Å². The predicted molar refractivity (Wildman–Crippen MR) is 95.1 cm³/mol. The lowest BCUT2D eigenvalue weighted by molar-refractivity contribution is -0.136. The lowest BCUT2D eigenvalue weighted by Crippen LogP contribution is -2.54. The maximum atomic E-state index is 12.8. The molecule has 1 aliphatic heterocycles. The second-order valence-electron chi connectivity index (χ2n) is 7.04. The number of hydrogen-bond donors (Lipinski definition) is 2. The number of hydrogen-bond acceptors (Lipinski definition) is 3. The normalized spacial score (nSPS) is 26.0. The molecule has 0 bridgehead atoms. The van der Waals surface area contributed by atoms with Gasteiger partial charge in [-0.2, -0.15) is 0 Å². The molecule has 1 heterocycles. The molecule has 2 N–H and O–H groups in total. The zero-order valence-corrected chi connectivity index (χ0v) is 14.8. The molecular formula is C19H25N3O3. The van der Waals surface area contributed by atoms with Crippen molar-refractivity contribution in [3.63, 3.8) is 0 Å². The van der Waals surface area contributed by atoms with Gasteiger partial charge in [-0.1, -0.05) is 38.8 Å². The van der Waals surface area contributed by atoms with E-state index in [1.807, 2.05) is 31.2 Å². The number of urea groups is 1. The van der Waals surface area contributed by atoms with Gasteiger partial charge in [0.05, 0.1) is 0 Å². The summed E-state index contributed by atoms with van der Waals surface area (Å²) in [6, 6.07) is 7.08. The highest BCUT2D eigenvalue weighted by Crippen LogP contribution is 2.38. The van der Waals surface area contributed by atoms with Crippen LogP contribution in [0.4, 0.5) is 10.5 Å². The van der Waals surface area contributed by atoms with Gasteiger partial charge in [0.1, 0.15) is 12.1 Å². The van der Waals surface area contributed by atoms with Gasteiger partial charge in [-0.15, -0.1) is 0 Å². The summed E-state index contributed by atoms with van der Waals surface area (Å²) in [6.45, 7) is 3.80. The Balaban J connectivity index is 1.66. The number of imide groups is 1. The third kappa shape index (κ3) is 3.25.